The highest BCUT2D eigenvalue weighted by atomic mass is 16.1. The number of rotatable bonds is 3. The highest BCUT2D eigenvalue weighted by Gasteiger charge is 2.26. The lowest BCUT2D eigenvalue weighted by molar-refractivity contribution is -0.107. The molecule has 0 aromatic rings. The van der Waals surface area contributed by atoms with Gasteiger partial charge in [-0.1, -0.05) is 31.6 Å². The summed E-state index contributed by atoms with van der Waals surface area (Å²) in [4.78, 5) is 10.2. The van der Waals surface area contributed by atoms with Gasteiger partial charge in [0, 0.05) is 6.42 Å². The van der Waals surface area contributed by atoms with E-state index < -0.39 is 0 Å². The molecular weight excluding hydrogens is 172 g/mol. The Morgan fingerprint density at radius 2 is 2.14 bits per heavy atom. The Balaban J connectivity index is 2.84. The zero-order valence-corrected chi connectivity index (χ0v) is 9.47. The molecule has 0 amide bonds. The standard InChI is InChI=1S/C13H20O/c1-11-7-6-9-13(2,3)12(11)8-4-5-10-14/h4,8,10H,5-7,9H2,1-3H3/b8-4+. The van der Waals surface area contributed by atoms with E-state index in [4.69, 9.17) is 0 Å². The predicted octanol–water partition coefficient (Wildman–Crippen LogP) is 3.66. The molecule has 1 rings (SSSR count). The fourth-order valence-corrected chi connectivity index (χ4v) is 2.25. The number of aldehydes is 1. The van der Waals surface area contributed by atoms with Crippen LogP contribution in [0, 0.1) is 5.41 Å². The van der Waals surface area contributed by atoms with Gasteiger partial charge in [-0.25, -0.2) is 0 Å². The lowest BCUT2D eigenvalue weighted by Gasteiger charge is -2.32. The first-order chi connectivity index (χ1) is 6.58. The SMILES string of the molecule is CC1=C(/C=C/CC=O)C(C)(C)CCC1. The van der Waals surface area contributed by atoms with E-state index in [9.17, 15) is 4.79 Å². The van der Waals surface area contributed by atoms with Crippen LogP contribution in [0.1, 0.15) is 46.5 Å². The van der Waals surface area contributed by atoms with Crippen LogP contribution in [0.4, 0.5) is 0 Å². The molecule has 14 heavy (non-hydrogen) atoms. The minimum atomic E-state index is 0.293. The van der Waals surface area contributed by atoms with E-state index in [0.717, 1.165) is 6.29 Å². The summed E-state index contributed by atoms with van der Waals surface area (Å²) in [5, 5.41) is 0. The van der Waals surface area contributed by atoms with E-state index in [1.807, 2.05) is 6.08 Å². The van der Waals surface area contributed by atoms with Crippen molar-refractivity contribution >= 4 is 6.29 Å². The topological polar surface area (TPSA) is 17.1 Å². The third kappa shape index (κ3) is 2.57. The highest BCUT2D eigenvalue weighted by Crippen LogP contribution is 2.40. The fourth-order valence-electron chi connectivity index (χ4n) is 2.25. The van der Waals surface area contributed by atoms with Crippen LogP contribution in [0.15, 0.2) is 23.3 Å². The molecule has 1 nitrogen and oxygen atoms in total. The zero-order valence-electron chi connectivity index (χ0n) is 9.47. The Hall–Kier alpha value is -0.850. The van der Waals surface area contributed by atoms with Gasteiger partial charge in [-0.05, 0) is 37.2 Å². The van der Waals surface area contributed by atoms with Gasteiger partial charge in [0.2, 0.25) is 0 Å². The van der Waals surface area contributed by atoms with Crippen molar-refractivity contribution in [2.24, 2.45) is 5.41 Å². The van der Waals surface area contributed by atoms with Crippen molar-refractivity contribution in [1.29, 1.82) is 0 Å². The average Bonchev–Trinajstić information content (AvgIpc) is 2.09. The molecule has 0 unspecified atom stereocenters. The van der Waals surface area contributed by atoms with Crippen molar-refractivity contribution < 1.29 is 4.79 Å². The van der Waals surface area contributed by atoms with E-state index in [1.54, 1.807) is 0 Å². The van der Waals surface area contributed by atoms with E-state index in [0.29, 0.717) is 11.8 Å². The molecule has 0 fully saturated rings. The molecule has 0 aromatic carbocycles. The molecule has 1 aliphatic carbocycles. The normalized spacial score (nSPS) is 21.6. The molecule has 0 heterocycles. The van der Waals surface area contributed by atoms with Crippen molar-refractivity contribution in [1.82, 2.24) is 0 Å². The van der Waals surface area contributed by atoms with Gasteiger partial charge in [0.1, 0.15) is 6.29 Å². The van der Waals surface area contributed by atoms with Gasteiger partial charge >= 0.3 is 0 Å². The number of carbonyl (C=O) groups is 1. The molecule has 1 heteroatoms. The number of allylic oxidation sites excluding steroid dienone is 4. The summed E-state index contributed by atoms with van der Waals surface area (Å²) >= 11 is 0. The second-order valence-corrected chi connectivity index (χ2v) is 4.74. The average molecular weight is 192 g/mol. The fraction of sp³-hybridized carbons (Fsp3) is 0.615. The molecule has 0 bridgehead atoms. The van der Waals surface area contributed by atoms with Gasteiger partial charge in [-0.3, -0.25) is 0 Å². The van der Waals surface area contributed by atoms with Gasteiger partial charge in [0.05, 0.1) is 0 Å². The summed E-state index contributed by atoms with van der Waals surface area (Å²) < 4.78 is 0. The minimum absolute atomic E-state index is 0.293. The second kappa shape index (κ2) is 4.59. The third-order valence-electron chi connectivity index (χ3n) is 3.06. The number of hydrogen-bond acceptors (Lipinski definition) is 1. The predicted molar refractivity (Wildman–Crippen MR) is 60.2 cm³/mol. The van der Waals surface area contributed by atoms with E-state index in [1.165, 1.54) is 30.4 Å². The monoisotopic (exact) mass is 192 g/mol. The quantitative estimate of drug-likeness (QED) is 0.624. The Labute approximate surface area is 86.9 Å². The highest BCUT2D eigenvalue weighted by molar-refractivity contribution is 5.52. The molecule has 0 spiro atoms. The van der Waals surface area contributed by atoms with Crippen molar-refractivity contribution in [3.63, 3.8) is 0 Å². The summed E-state index contributed by atoms with van der Waals surface area (Å²) in [7, 11) is 0. The zero-order chi connectivity index (χ0) is 10.6. The van der Waals surface area contributed by atoms with Crippen LogP contribution in [0.2, 0.25) is 0 Å². The van der Waals surface area contributed by atoms with Crippen LogP contribution in [0.3, 0.4) is 0 Å². The van der Waals surface area contributed by atoms with Crippen LogP contribution >= 0.6 is 0 Å². The van der Waals surface area contributed by atoms with Gasteiger partial charge < -0.3 is 4.79 Å². The van der Waals surface area contributed by atoms with E-state index >= 15 is 0 Å². The molecule has 0 aromatic heterocycles. The minimum Gasteiger partial charge on any atom is -0.303 e. The lowest BCUT2D eigenvalue weighted by Crippen LogP contribution is -2.18. The largest absolute Gasteiger partial charge is 0.303 e. The molecule has 0 saturated carbocycles. The number of hydrogen-bond donors (Lipinski definition) is 0. The Kier molecular flexibility index (Phi) is 3.68. The molecular formula is C13H20O. The summed E-state index contributed by atoms with van der Waals surface area (Å²) in [5.41, 5.74) is 3.22. The van der Waals surface area contributed by atoms with Gasteiger partial charge in [0.25, 0.3) is 0 Å². The van der Waals surface area contributed by atoms with Gasteiger partial charge in [-0.15, -0.1) is 0 Å². The Bertz CT molecular complexity index is 269. The molecule has 0 aliphatic heterocycles. The van der Waals surface area contributed by atoms with Crippen molar-refractivity contribution in [3.05, 3.63) is 23.3 Å². The summed E-state index contributed by atoms with van der Waals surface area (Å²) in [6.07, 6.45) is 9.36. The maximum absolute atomic E-state index is 10.2. The molecule has 1 aliphatic rings. The van der Waals surface area contributed by atoms with Crippen LogP contribution < -0.4 is 0 Å². The van der Waals surface area contributed by atoms with Crippen LogP contribution in [-0.4, -0.2) is 6.29 Å². The summed E-state index contributed by atoms with van der Waals surface area (Å²) in [6.45, 7) is 6.79. The van der Waals surface area contributed by atoms with Crippen LogP contribution in [0.25, 0.3) is 0 Å². The molecule has 0 N–H and O–H groups in total. The first-order valence-corrected chi connectivity index (χ1v) is 5.38. The Morgan fingerprint density at radius 1 is 1.43 bits per heavy atom. The van der Waals surface area contributed by atoms with Gasteiger partial charge in [-0.2, -0.15) is 0 Å². The first kappa shape index (κ1) is 11.2. The number of carbonyl (C=O) groups excluding carboxylic acids is 1. The van der Waals surface area contributed by atoms with E-state index in [2.05, 4.69) is 26.8 Å². The lowest BCUT2D eigenvalue weighted by atomic mass is 9.72. The molecule has 0 saturated heterocycles. The van der Waals surface area contributed by atoms with Crippen molar-refractivity contribution in [2.45, 2.75) is 46.5 Å². The third-order valence-corrected chi connectivity index (χ3v) is 3.06. The first-order valence-electron chi connectivity index (χ1n) is 5.38. The summed E-state index contributed by atoms with van der Waals surface area (Å²) in [6, 6.07) is 0. The van der Waals surface area contributed by atoms with Crippen LogP contribution in [-0.2, 0) is 4.79 Å². The molecule has 78 valence electrons. The van der Waals surface area contributed by atoms with Crippen LogP contribution in [0.5, 0.6) is 0 Å². The van der Waals surface area contributed by atoms with E-state index in [-0.39, 0.29) is 0 Å². The van der Waals surface area contributed by atoms with Crippen molar-refractivity contribution in [2.75, 3.05) is 0 Å². The summed E-state index contributed by atoms with van der Waals surface area (Å²) in [5.74, 6) is 0. The maximum atomic E-state index is 10.2. The molecule has 0 atom stereocenters. The van der Waals surface area contributed by atoms with Gasteiger partial charge in [0.15, 0.2) is 0 Å². The smallest absolute Gasteiger partial charge is 0.123 e. The molecule has 0 radical (unpaired) electrons. The second-order valence-electron chi connectivity index (χ2n) is 4.74. The maximum Gasteiger partial charge on any atom is 0.123 e. The Morgan fingerprint density at radius 3 is 2.71 bits per heavy atom. The van der Waals surface area contributed by atoms with Crippen molar-refractivity contribution in [3.8, 4) is 0 Å².